The molecule has 0 saturated carbocycles. The van der Waals surface area contributed by atoms with Crippen molar-refractivity contribution in [1.29, 1.82) is 0 Å². The second-order valence-corrected chi connectivity index (χ2v) is 4.34. The molecule has 1 rings (SSSR count). The maximum Gasteiger partial charge on any atom is 0.417 e. The van der Waals surface area contributed by atoms with E-state index in [4.69, 9.17) is 22.1 Å². The van der Waals surface area contributed by atoms with Gasteiger partial charge in [0.25, 0.3) is 0 Å². The van der Waals surface area contributed by atoms with Crippen LogP contribution in [0.25, 0.3) is 0 Å². The van der Waals surface area contributed by atoms with Gasteiger partial charge in [0, 0.05) is 6.20 Å². The zero-order valence-electron chi connectivity index (χ0n) is 10.5. The number of nitrogens with two attached hydrogens (primary N) is 1. The van der Waals surface area contributed by atoms with E-state index in [2.05, 4.69) is 10.3 Å². The standard InChI is InChI=1S/C11H13ClF3N3O2/c1-6(16)9(19)17-2-3-20-10-8(12)4-7(5-18-10)11(13,14)15/h4-6H,2-3,16H2,1H3,(H,17,19). The summed E-state index contributed by atoms with van der Waals surface area (Å²) < 4.78 is 42.2. The Hall–Kier alpha value is -1.54. The molecule has 5 nitrogen and oxygen atoms in total. The Morgan fingerprint density at radius 1 is 1.60 bits per heavy atom. The van der Waals surface area contributed by atoms with E-state index in [0.29, 0.717) is 6.20 Å². The van der Waals surface area contributed by atoms with E-state index in [-0.39, 0.29) is 30.0 Å². The van der Waals surface area contributed by atoms with Crippen molar-refractivity contribution >= 4 is 17.5 Å². The van der Waals surface area contributed by atoms with Gasteiger partial charge < -0.3 is 15.8 Å². The van der Waals surface area contributed by atoms with E-state index in [1.807, 2.05) is 0 Å². The van der Waals surface area contributed by atoms with Crippen molar-refractivity contribution in [2.24, 2.45) is 5.73 Å². The fraction of sp³-hybridized carbons (Fsp3) is 0.455. The monoisotopic (exact) mass is 311 g/mol. The molecular weight excluding hydrogens is 299 g/mol. The molecule has 9 heteroatoms. The van der Waals surface area contributed by atoms with E-state index < -0.39 is 17.8 Å². The second-order valence-electron chi connectivity index (χ2n) is 3.94. The van der Waals surface area contributed by atoms with E-state index >= 15 is 0 Å². The summed E-state index contributed by atoms with van der Waals surface area (Å²) in [4.78, 5) is 14.6. The Balaban J connectivity index is 2.51. The number of rotatable bonds is 5. The van der Waals surface area contributed by atoms with Crippen LogP contribution in [0.3, 0.4) is 0 Å². The number of pyridine rings is 1. The Morgan fingerprint density at radius 2 is 2.25 bits per heavy atom. The summed E-state index contributed by atoms with van der Waals surface area (Å²) in [5, 5.41) is 2.22. The molecule has 1 aromatic heterocycles. The van der Waals surface area contributed by atoms with Crippen molar-refractivity contribution in [2.75, 3.05) is 13.2 Å². The Bertz CT molecular complexity index is 480. The number of nitrogens with zero attached hydrogens (tertiary/aromatic N) is 1. The normalized spacial score (nSPS) is 12.9. The van der Waals surface area contributed by atoms with Crippen LogP contribution < -0.4 is 15.8 Å². The highest BCUT2D eigenvalue weighted by molar-refractivity contribution is 6.31. The average molecular weight is 312 g/mol. The smallest absolute Gasteiger partial charge is 0.417 e. The van der Waals surface area contributed by atoms with Gasteiger partial charge in [0.1, 0.15) is 11.6 Å². The van der Waals surface area contributed by atoms with Crippen LogP contribution in [0.4, 0.5) is 13.2 Å². The molecule has 0 bridgehead atoms. The van der Waals surface area contributed by atoms with Crippen molar-refractivity contribution in [3.63, 3.8) is 0 Å². The highest BCUT2D eigenvalue weighted by atomic mass is 35.5. The first-order chi connectivity index (χ1) is 9.21. The van der Waals surface area contributed by atoms with Crippen molar-refractivity contribution < 1.29 is 22.7 Å². The van der Waals surface area contributed by atoms with Gasteiger partial charge in [0.15, 0.2) is 0 Å². The van der Waals surface area contributed by atoms with Crippen LogP contribution in [0.15, 0.2) is 12.3 Å². The quantitative estimate of drug-likeness (QED) is 0.810. The highest BCUT2D eigenvalue weighted by Crippen LogP contribution is 2.32. The Labute approximate surface area is 118 Å². The molecule has 0 aliphatic rings. The van der Waals surface area contributed by atoms with Crippen molar-refractivity contribution in [1.82, 2.24) is 10.3 Å². The number of alkyl halides is 3. The predicted molar refractivity (Wildman–Crippen MR) is 66.4 cm³/mol. The largest absolute Gasteiger partial charge is 0.475 e. The van der Waals surface area contributed by atoms with Gasteiger partial charge in [-0.15, -0.1) is 0 Å². The molecule has 1 amide bonds. The molecule has 1 aromatic rings. The van der Waals surface area contributed by atoms with Crippen molar-refractivity contribution in [3.05, 3.63) is 22.8 Å². The lowest BCUT2D eigenvalue weighted by Gasteiger charge is -2.11. The molecule has 0 aliphatic carbocycles. The Morgan fingerprint density at radius 3 is 2.75 bits per heavy atom. The number of amides is 1. The average Bonchev–Trinajstić information content (AvgIpc) is 2.34. The molecule has 20 heavy (non-hydrogen) atoms. The number of hydrogen-bond acceptors (Lipinski definition) is 4. The van der Waals surface area contributed by atoms with E-state index in [1.54, 1.807) is 0 Å². The third-order valence-corrected chi connectivity index (χ3v) is 2.46. The minimum Gasteiger partial charge on any atom is -0.475 e. The third kappa shape index (κ3) is 4.86. The SMILES string of the molecule is CC(N)C(=O)NCCOc1ncc(C(F)(F)F)cc1Cl. The molecule has 1 heterocycles. The molecule has 1 unspecified atom stereocenters. The van der Waals surface area contributed by atoms with E-state index in [1.165, 1.54) is 6.92 Å². The molecule has 1 atom stereocenters. The maximum atomic E-state index is 12.4. The number of nitrogens with one attached hydrogen (secondary N) is 1. The summed E-state index contributed by atoms with van der Waals surface area (Å²) in [6.07, 6.45) is -3.89. The first-order valence-electron chi connectivity index (χ1n) is 5.60. The summed E-state index contributed by atoms with van der Waals surface area (Å²) >= 11 is 5.63. The third-order valence-electron chi connectivity index (χ3n) is 2.19. The lowest BCUT2D eigenvalue weighted by molar-refractivity contribution is -0.137. The van der Waals surface area contributed by atoms with Crippen LogP contribution in [0, 0.1) is 0 Å². The summed E-state index contributed by atoms with van der Waals surface area (Å²) in [5.74, 6) is -0.491. The molecular formula is C11H13ClF3N3O2. The first kappa shape index (κ1) is 16.5. The molecule has 0 spiro atoms. The van der Waals surface area contributed by atoms with Gasteiger partial charge in [-0.2, -0.15) is 13.2 Å². The Kier molecular flexibility index (Phi) is 5.58. The summed E-state index contributed by atoms with van der Waals surface area (Å²) in [5.41, 5.74) is 4.36. The number of hydrogen-bond donors (Lipinski definition) is 2. The molecule has 0 saturated heterocycles. The predicted octanol–water partition coefficient (Wildman–Crippen LogP) is 1.60. The van der Waals surface area contributed by atoms with Crippen molar-refractivity contribution in [3.8, 4) is 5.88 Å². The number of carbonyl (C=O) groups is 1. The molecule has 0 aliphatic heterocycles. The number of aromatic nitrogens is 1. The van der Waals surface area contributed by atoms with Gasteiger partial charge in [-0.25, -0.2) is 4.98 Å². The van der Waals surface area contributed by atoms with Gasteiger partial charge in [-0.3, -0.25) is 4.79 Å². The molecule has 112 valence electrons. The highest BCUT2D eigenvalue weighted by Gasteiger charge is 2.31. The number of ether oxygens (including phenoxy) is 1. The first-order valence-corrected chi connectivity index (χ1v) is 5.98. The lowest BCUT2D eigenvalue weighted by Crippen LogP contribution is -2.40. The topological polar surface area (TPSA) is 77.2 Å². The van der Waals surface area contributed by atoms with Crippen LogP contribution in [0.5, 0.6) is 5.88 Å². The van der Waals surface area contributed by atoms with Gasteiger partial charge in [0.05, 0.1) is 18.2 Å². The maximum absolute atomic E-state index is 12.4. The fourth-order valence-electron chi connectivity index (χ4n) is 1.17. The molecule has 0 aromatic carbocycles. The molecule has 0 radical (unpaired) electrons. The second kappa shape index (κ2) is 6.76. The fourth-order valence-corrected chi connectivity index (χ4v) is 1.39. The zero-order valence-corrected chi connectivity index (χ0v) is 11.3. The zero-order chi connectivity index (χ0) is 15.3. The number of halogens is 4. The molecule has 3 N–H and O–H groups in total. The van der Waals surface area contributed by atoms with Crippen LogP contribution in [-0.2, 0) is 11.0 Å². The number of carbonyl (C=O) groups excluding carboxylic acids is 1. The van der Waals surface area contributed by atoms with E-state index in [9.17, 15) is 18.0 Å². The summed E-state index contributed by atoms with van der Waals surface area (Å²) in [6, 6.07) is 0.0764. The van der Waals surface area contributed by atoms with Crippen LogP contribution in [0.2, 0.25) is 5.02 Å². The van der Waals surface area contributed by atoms with Crippen molar-refractivity contribution in [2.45, 2.75) is 19.1 Å². The molecule has 0 fully saturated rings. The van der Waals surface area contributed by atoms with Gasteiger partial charge in [-0.05, 0) is 13.0 Å². The van der Waals surface area contributed by atoms with E-state index in [0.717, 1.165) is 6.07 Å². The van der Waals surface area contributed by atoms with Crippen LogP contribution >= 0.6 is 11.6 Å². The van der Waals surface area contributed by atoms with Gasteiger partial charge >= 0.3 is 6.18 Å². The minimum atomic E-state index is -4.51. The minimum absolute atomic E-state index is 0.0105. The van der Waals surface area contributed by atoms with Crippen LogP contribution in [0.1, 0.15) is 12.5 Å². The lowest BCUT2D eigenvalue weighted by atomic mass is 10.3. The van der Waals surface area contributed by atoms with Crippen LogP contribution in [-0.4, -0.2) is 30.1 Å². The van der Waals surface area contributed by atoms with Gasteiger partial charge in [-0.1, -0.05) is 11.6 Å². The van der Waals surface area contributed by atoms with Gasteiger partial charge in [0.2, 0.25) is 11.8 Å². The summed E-state index contributed by atoms with van der Waals surface area (Å²) in [7, 11) is 0. The summed E-state index contributed by atoms with van der Waals surface area (Å²) in [6.45, 7) is 1.67.